The second kappa shape index (κ2) is 8.06. The minimum atomic E-state index is -0.571. The lowest BCUT2D eigenvalue weighted by atomic mass is 10.1. The minimum Gasteiger partial charge on any atom is -0.390 e. The van der Waals surface area contributed by atoms with Gasteiger partial charge in [0.1, 0.15) is 0 Å². The number of benzene rings is 1. The molecule has 0 radical (unpaired) electrons. The Balaban J connectivity index is 2.01. The molecule has 0 bridgehead atoms. The van der Waals surface area contributed by atoms with E-state index in [-0.39, 0.29) is 5.91 Å². The van der Waals surface area contributed by atoms with Gasteiger partial charge in [0.05, 0.1) is 24.3 Å². The Bertz CT molecular complexity index is 582. The molecule has 0 aliphatic carbocycles. The van der Waals surface area contributed by atoms with Crippen molar-refractivity contribution >= 4 is 5.91 Å². The number of rotatable bonds is 4. The number of nitrogens with zero attached hydrogens (tertiary/aromatic N) is 4. The van der Waals surface area contributed by atoms with Gasteiger partial charge in [-0.3, -0.25) is 9.69 Å². The topological polar surface area (TPSA) is 70.8 Å². The lowest BCUT2D eigenvalue weighted by molar-refractivity contribution is -0.132. The van der Waals surface area contributed by atoms with Gasteiger partial charge in [-0.15, -0.1) is 0 Å². The highest BCUT2D eigenvalue weighted by Gasteiger charge is 2.24. The van der Waals surface area contributed by atoms with E-state index in [2.05, 4.69) is 11.0 Å². The zero-order valence-corrected chi connectivity index (χ0v) is 13.8. The normalized spacial score (nSPS) is 19.4. The van der Waals surface area contributed by atoms with E-state index in [9.17, 15) is 15.2 Å². The van der Waals surface area contributed by atoms with Gasteiger partial charge in [-0.2, -0.15) is 5.26 Å². The monoisotopic (exact) mass is 316 g/mol. The molecule has 1 fully saturated rings. The van der Waals surface area contributed by atoms with E-state index < -0.39 is 6.10 Å². The van der Waals surface area contributed by atoms with Gasteiger partial charge in [0.15, 0.2) is 0 Å². The van der Waals surface area contributed by atoms with Gasteiger partial charge in [0, 0.05) is 32.7 Å². The van der Waals surface area contributed by atoms with Crippen molar-refractivity contribution in [2.75, 3.05) is 46.8 Å². The number of hydrogen-bond acceptors (Lipinski definition) is 5. The van der Waals surface area contributed by atoms with Gasteiger partial charge in [-0.1, -0.05) is 18.2 Å². The molecule has 1 atom stereocenters. The number of aliphatic hydroxyl groups is 1. The summed E-state index contributed by atoms with van der Waals surface area (Å²) in [6, 6.07) is 9.70. The third-order valence-corrected chi connectivity index (χ3v) is 3.92. The Morgan fingerprint density at radius 3 is 2.78 bits per heavy atom. The van der Waals surface area contributed by atoms with Crippen LogP contribution in [0.1, 0.15) is 11.1 Å². The summed E-state index contributed by atoms with van der Waals surface area (Å²) in [5, 5.41) is 19.4. The van der Waals surface area contributed by atoms with Gasteiger partial charge in [-0.05, 0) is 25.7 Å². The largest absolute Gasteiger partial charge is 0.390 e. The maximum atomic E-state index is 12.2. The molecule has 0 aromatic heterocycles. The first kappa shape index (κ1) is 17.4. The Kier molecular flexibility index (Phi) is 6.11. The smallest absolute Gasteiger partial charge is 0.236 e. The van der Waals surface area contributed by atoms with Crippen LogP contribution in [-0.4, -0.2) is 78.6 Å². The average Bonchev–Trinajstić information content (AvgIpc) is 2.68. The lowest BCUT2D eigenvalue weighted by Gasteiger charge is -2.23. The average molecular weight is 316 g/mol. The number of nitriles is 1. The summed E-state index contributed by atoms with van der Waals surface area (Å²) >= 11 is 0. The van der Waals surface area contributed by atoms with Gasteiger partial charge in [0.2, 0.25) is 5.91 Å². The summed E-state index contributed by atoms with van der Waals surface area (Å²) in [6.07, 6.45) is -0.571. The molecule has 6 heteroatoms. The molecule has 1 amide bonds. The zero-order valence-electron chi connectivity index (χ0n) is 13.8. The summed E-state index contributed by atoms with van der Waals surface area (Å²) < 4.78 is 0. The van der Waals surface area contributed by atoms with Crippen molar-refractivity contribution in [1.82, 2.24) is 14.7 Å². The number of amides is 1. The van der Waals surface area contributed by atoms with Crippen LogP contribution in [0.2, 0.25) is 0 Å². The first-order valence-electron chi connectivity index (χ1n) is 7.80. The molecule has 1 aromatic carbocycles. The number of hydrogen-bond donors (Lipinski definition) is 1. The number of aliphatic hydroxyl groups excluding tert-OH is 1. The highest BCUT2D eigenvalue weighted by atomic mass is 16.3. The second-order valence-electron chi connectivity index (χ2n) is 6.24. The predicted molar refractivity (Wildman–Crippen MR) is 87.6 cm³/mol. The van der Waals surface area contributed by atoms with Crippen molar-refractivity contribution in [3.05, 3.63) is 35.4 Å². The van der Waals surface area contributed by atoms with Crippen LogP contribution in [0, 0.1) is 11.3 Å². The predicted octanol–water partition coefficient (Wildman–Crippen LogP) is 0.125. The third-order valence-electron chi connectivity index (χ3n) is 3.92. The quantitative estimate of drug-likeness (QED) is 0.855. The second-order valence-corrected chi connectivity index (χ2v) is 6.24. The molecule has 1 aliphatic rings. The highest BCUT2D eigenvalue weighted by Crippen LogP contribution is 2.13. The fourth-order valence-corrected chi connectivity index (χ4v) is 2.80. The van der Waals surface area contributed by atoms with Crippen molar-refractivity contribution < 1.29 is 9.90 Å². The van der Waals surface area contributed by atoms with Crippen molar-refractivity contribution in [2.45, 2.75) is 12.6 Å². The molecule has 23 heavy (non-hydrogen) atoms. The molecule has 124 valence electrons. The van der Waals surface area contributed by atoms with Gasteiger partial charge in [0.25, 0.3) is 0 Å². The number of carbonyl (C=O) groups excluding carboxylic acids is 1. The van der Waals surface area contributed by atoms with Crippen molar-refractivity contribution in [3.63, 3.8) is 0 Å². The standard InChI is InChI=1S/C17H24N4O2/c1-19(2)13-17(23)21-8-7-20(11-16(22)12-21)10-15-6-4-3-5-14(15)9-18/h3-6,16,22H,7-8,10-13H2,1-2H3. The summed E-state index contributed by atoms with van der Waals surface area (Å²) in [7, 11) is 3.72. The molecule has 1 aliphatic heterocycles. The highest BCUT2D eigenvalue weighted by molar-refractivity contribution is 5.78. The molecule has 6 nitrogen and oxygen atoms in total. The van der Waals surface area contributed by atoms with Crippen LogP contribution in [-0.2, 0) is 11.3 Å². The van der Waals surface area contributed by atoms with Crippen LogP contribution in [0.4, 0.5) is 0 Å². The van der Waals surface area contributed by atoms with E-state index >= 15 is 0 Å². The van der Waals surface area contributed by atoms with Crippen LogP contribution < -0.4 is 0 Å². The van der Waals surface area contributed by atoms with Crippen molar-refractivity contribution in [3.8, 4) is 6.07 Å². The summed E-state index contributed by atoms with van der Waals surface area (Å²) in [5.41, 5.74) is 1.61. The van der Waals surface area contributed by atoms with Crippen LogP contribution in [0.15, 0.2) is 24.3 Å². The molecule has 2 rings (SSSR count). The summed E-state index contributed by atoms with van der Waals surface area (Å²) in [5.74, 6) is 0.0355. The van der Waals surface area contributed by atoms with E-state index in [1.54, 1.807) is 11.0 Å². The summed E-state index contributed by atoms with van der Waals surface area (Å²) in [6.45, 7) is 3.11. The zero-order chi connectivity index (χ0) is 16.8. The molecular formula is C17H24N4O2. The lowest BCUT2D eigenvalue weighted by Crippen LogP contribution is -2.42. The Labute approximate surface area is 137 Å². The van der Waals surface area contributed by atoms with Gasteiger partial charge < -0.3 is 14.9 Å². The third kappa shape index (κ3) is 5.03. The first-order valence-corrected chi connectivity index (χ1v) is 7.80. The Hall–Kier alpha value is -1.94. The molecule has 1 heterocycles. The van der Waals surface area contributed by atoms with E-state index in [1.165, 1.54) is 0 Å². The molecule has 1 unspecified atom stereocenters. The van der Waals surface area contributed by atoms with Crippen molar-refractivity contribution in [1.29, 1.82) is 5.26 Å². The van der Waals surface area contributed by atoms with Gasteiger partial charge in [-0.25, -0.2) is 0 Å². The molecular weight excluding hydrogens is 292 g/mol. The summed E-state index contributed by atoms with van der Waals surface area (Å²) in [4.78, 5) is 17.8. The molecule has 1 N–H and O–H groups in total. The van der Waals surface area contributed by atoms with E-state index in [0.29, 0.717) is 44.8 Å². The number of β-amino-alcohol motifs (C(OH)–C–C–N with tert-alkyl or cyclic N) is 1. The van der Waals surface area contributed by atoms with Crippen LogP contribution in [0.3, 0.4) is 0 Å². The molecule has 0 spiro atoms. The van der Waals surface area contributed by atoms with Gasteiger partial charge >= 0.3 is 0 Å². The van der Waals surface area contributed by atoms with Crippen LogP contribution in [0.5, 0.6) is 0 Å². The van der Waals surface area contributed by atoms with Crippen LogP contribution in [0.25, 0.3) is 0 Å². The molecule has 1 saturated heterocycles. The van der Waals surface area contributed by atoms with E-state index in [4.69, 9.17) is 0 Å². The maximum absolute atomic E-state index is 12.2. The van der Waals surface area contributed by atoms with Crippen molar-refractivity contribution in [2.24, 2.45) is 0 Å². The first-order chi connectivity index (χ1) is 11.0. The number of likely N-dealkylation sites (N-methyl/N-ethyl adjacent to an activating group) is 1. The fourth-order valence-electron chi connectivity index (χ4n) is 2.80. The van der Waals surface area contributed by atoms with E-state index in [0.717, 1.165) is 5.56 Å². The number of carbonyl (C=O) groups is 1. The maximum Gasteiger partial charge on any atom is 0.236 e. The fraction of sp³-hybridized carbons (Fsp3) is 0.529. The minimum absolute atomic E-state index is 0.0355. The van der Waals surface area contributed by atoms with Crippen LogP contribution >= 0.6 is 0 Å². The molecule has 1 aromatic rings. The SMILES string of the molecule is CN(C)CC(=O)N1CCN(Cc2ccccc2C#N)CC(O)C1. The Morgan fingerprint density at radius 2 is 2.09 bits per heavy atom. The molecule has 0 saturated carbocycles. The van der Waals surface area contributed by atoms with E-state index in [1.807, 2.05) is 37.2 Å². The Morgan fingerprint density at radius 1 is 1.35 bits per heavy atom.